The maximum atomic E-state index is 11.8. The smallest absolute Gasteiger partial charge is 0.306 e. The van der Waals surface area contributed by atoms with Crippen molar-refractivity contribution in [1.29, 1.82) is 0 Å². The van der Waals surface area contributed by atoms with Crippen molar-refractivity contribution in [3.8, 4) is 0 Å². The molecule has 1 saturated carbocycles. The Hall–Kier alpha value is -0.600. The second-order valence-corrected chi connectivity index (χ2v) is 2.44. The number of hydrogen-bond donors (Lipinski definition) is 1. The van der Waals surface area contributed by atoms with Gasteiger partial charge in [0.15, 0.2) is 0 Å². The highest BCUT2D eigenvalue weighted by Crippen LogP contribution is 2.34. The zero-order valence-electron chi connectivity index (χ0n) is 5.01. The summed E-state index contributed by atoms with van der Waals surface area (Å²) < 4.78 is 11.8. The largest absolute Gasteiger partial charge is 0.481 e. The van der Waals surface area contributed by atoms with E-state index in [9.17, 15) is 9.18 Å². The Kier molecular flexibility index (Phi) is 1.69. The summed E-state index contributed by atoms with van der Waals surface area (Å²) in [5.74, 6) is -1.43. The molecule has 2 nitrogen and oxygen atoms in total. The minimum absolute atomic E-state index is 0.192. The molecule has 0 aromatic rings. The van der Waals surface area contributed by atoms with E-state index < -0.39 is 18.6 Å². The summed E-state index contributed by atoms with van der Waals surface area (Å²) >= 11 is 0. The van der Waals surface area contributed by atoms with Gasteiger partial charge in [0.05, 0.1) is 12.6 Å². The van der Waals surface area contributed by atoms with Crippen LogP contribution in [0.5, 0.6) is 0 Å². The summed E-state index contributed by atoms with van der Waals surface area (Å²) in [7, 11) is 0. The zero-order chi connectivity index (χ0) is 6.85. The van der Waals surface area contributed by atoms with Crippen LogP contribution in [0.3, 0.4) is 0 Å². The molecule has 1 rings (SSSR count). The molecule has 1 fully saturated rings. The van der Waals surface area contributed by atoms with Crippen LogP contribution in [0.25, 0.3) is 0 Å². The zero-order valence-corrected chi connectivity index (χ0v) is 5.01. The average molecular weight is 132 g/mol. The van der Waals surface area contributed by atoms with Gasteiger partial charge >= 0.3 is 5.97 Å². The van der Waals surface area contributed by atoms with Crippen molar-refractivity contribution in [2.45, 2.75) is 12.8 Å². The molecular weight excluding hydrogens is 123 g/mol. The minimum atomic E-state index is -0.844. The Morgan fingerprint density at radius 1 is 1.67 bits per heavy atom. The van der Waals surface area contributed by atoms with Crippen LogP contribution in [-0.4, -0.2) is 17.8 Å². The van der Waals surface area contributed by atoms with E-state index in [1.165, 1.54) is 0 Å². The highest BCUT2D eigenvalue weighted by Gasteiger charge is 2.36. The first-order chi connectivity index (χ1) is 4.25. The summed E-state index contributed by atoms with van der Waals surface area (Å²) in [4.78, 5) is 10.2. The van der Waals surface area contributed by atoms with E-state index in [1.54, 1.807) is 0 Å². The normalized spacial score (nSPS) is 33.4. The van der Waals surface area contributed by atoms with Crippen LogP contribution in [0.4, 0.5) is 4.39 Å². The van der Waals surface area contributed by atoms with Gasteiger partial charge in [0.1, 0.15) is 0 Å². The number of carboxylic acids is 1. The molecule has 3 heteroatoms. The van der Waals surface area contributed by atoms with Crippen molar-refractivity contribution in [1.82, 2.24) is 0 Å². The molecular formula is C6H9FO2. The number of carboxylic acid groups (broad SMARTS) is 1. The molecule has 0 heterocycles. The number of carbonyl (C=O) groups is 1. The van der Waals surface area contributed by atoms with E-state index in [2.05, 4.69) is 0 Å². The molecule has 0 aromatic carbocycles. The maximum Gasteiger partial charge on any atom is 0.306 e. The van der Waals surface area contributed by atoms with Crippen molar-refractivity contribution >= 4 is 5.97 Å². The molecule has 0 radical (unpaired) electrons. The molecule has 0 aliphatic heterocycles. The fraction of sp³-hybridized carbons (Fsp3) is 0.833. The molecule has 1 aliphatic rings. The summed E-state index contributed by atoms with van der Waals surface area (Å²) in [5, 5.41) is 8.37. The molecule has 9 heavy (non-hydrogen) atoms. The van der Waals surface area contributed by atoms with Crippen LogP contribution in [-0.2, 0) is 4.79 Å². The van der Waals surface area contributed by atoms with Gasteiger partial charge in [0.25, 0.3) is 0 Å². The lowest BCUT2D eigenvalue weighted by Gasteiger charge is -2.30. The Morgan fingerprint density at radius 2 is 2.33 bits per heavy atom. The third kappa shape index (κ3) is 1.04. The van der Waals surface area contributed by atoms with E-state index >= 15 is 0 Å². The summed E-state index contributed by atoms with van der Waals surface area (Å²) in [6, 6.07) is 0. The number of halogens is 1. The third-order valence-electron chi connectivity index (χ3n) is 1.93. The molecule has 0 bridgehead atoms. The van der Waals surface area contributed by atoms with Crippen molar-refractivity contribution in [2.75, 3.05) is 6.67 Å². The highest BCUT2D eigenvalue weighted by atomic mass is 19.1. The summed E-state index contributed by atoms with van der Waals surface area (Å²) in [6.45, 7) is -0.475. The standard InChI is InChI=1S/C6H9FO2/c7-3-4-1-2-5(4)6(8)9/h4-5H,1-3H2,(H,8,9). The van der Waals surface area contributed by atoms with E-state index in [0.717, 1.165) is 6.42 Å². The van der Waals surface area contributed by atoms with Gasteiger partial charge in [0.2, 0.25) is 0 Å². The molecule has 1 aliphatic carbocycles. The van der Waals surface area contributed by atoms with Gasteiger partial charge in [-0.3, -0.25) is 9.18 Å². The van der Waals surface area contributed by atoms with Gasteiger partial charge in [-0.25, -0.2) is 0 Å². The summed E-state index contributed by atoms with van der Waals surface area (Å²) in [6.07, 6.45) is 1.40. The van der Waals surface area contributed by atoms with Gasteiger partial charge in [-0.05, 0) is 12.8 Å². The average Bonchev–Trinajstić information content (AvgIpc) is 1.61. The van der Waals surface area contributed by atoms with Crippen molar-refractivity contribution in [2.24, 2.45) is 11.8 Å². The predicted molar refractivity (Wildman–Crippen MR) is 29.8 cm³/mol. The van der Waals surface area contributed by atoms with Gasteiger partial charge < -0.3 is 5.11 Å². The van der Waals surface area contributed by atoms with E-state index in [-0.39, 0.29) is 5.92 Å². The quantitative estimate of drug-likeness (QED) is 0.610. The molecule has 52 valence electrons. The SMILES string of the molecule is O=C(O)C1CCC1CF. The highest BCUT2D eigenvalue weighted by molar-refractivity contribution is 5.71. The number of alkyl halides is 1. The Balaban J connectivity index is 2.35. The van der Waals surface area contributed by atoms with Crippen LogP contribution in [0.1, 0.15) is 12.8 Å². The first-order valence-corrected chi connectivity index (χ1v) is 3.04. The third-order valence-corrected chi connectivity index (χ3v) is 1.93. The van der Waals surface area contributed by atoms with Gasteiger partial charge in [-0.2, -0.15) is 0 Å². The molecule has 0 saturated heterocycles. The molecule has 2 unspecified atom stereocenters. The minimum Gasteiger partial charge on any atom is -0.481 e. The van der Waals surface area contributed by atoms with E-state index in [0.29, 0.717) is 6.42 Å². The lowest BCUT2D eigenvalue weighted by molar-refractivity contribution is -0.148. The monoisotopic (exact) mass is 132 g/mol. The number of hydrogen-bond acceptors (Lipinski definition) is 1. The first kappa shape index (κ1) is 6.52. The predicted octanol–water partition coefficient (Wildman–Crippen LogP) is 1.07. The fourth-order valence-corrected chi connectivity index (χ4v) is 1.08. The van der Waals surface area contributed by atoms with Crippen molar-refractivity contribution < 1.29 is 14.3 Å². The second kappa shape index (κ2) is 2.33. The summed E-state index contributed by atoms with van der Waals surface area (Å²) in [5.41, 5.74) is 0. The lowest BCUT2D eigenvalue weighted by atomic mass is 9.74. The van der Waals surface area contributed by atoms with Crippen molar-refractivity contribution in [3.63, 3.8) is 0 Å². The van der Waals surface area contributed by atoms with Crippen LogP contribution in [0.2, 0.25) is 0 Å². The maximum absolute atomic E-state index is 11.8. The number of aliphatic carboxylic acids is 1. The van der Waals surface area contributed by atoms with Crippen LogP contribution in [0.15, 0.2) is 0 Å². The molecule has 0 amide bonds. The van der Waals surface area contributed by atoms with Gasteiger partial charge in [-0.1, -0.05) is 0 Å². The van der Waals surface area contributed by atoms with E-state index in [1.807, 2.05) is 0 Å². The Bertz CT molecular complexity index is 122. The number of rotatable bonds is 2. The van der Waals surface area contributed by atoms with Crippen LogP contribution in [0, 0.1) is 11.8 Å². The van der Waals surface area contributed by atoms with Crippen LogP contribution >= 0.6 is 0 Å². The first-order valence-electron chi connectivity index (χ1n) is 3.04. The molecule has 2 atom stereocenters. The Labute approximate surface area is 52.7 Å². The fourth-order valence-electron chi connectivity index (χ4n) is 1.08. The Morgan fingerprint density at radius 3 is 2.44 bits per heavy atom. The van der Waals surface area contributed by atoms with Crippen molar-refractivity contribution in [3.05, 3.63) is 0 Å². The molecule has 1 N–H and O–H groups in total. The van der Waals surface area contributed by atoms with Gasteiger partial charge in [0, 0.05) is 5.92 Å². The topological polar surface area (TPSA) is 37.3 Å². The van der Waals surface area contributed by atoms with Gasteiger partial charge in [-0.15, -0.1) is 0 Å². The second-order valence-electron chi connectivity index (χ2n) is 2.44. The molecule has 0 aromatic heterocycles. The van der Waals surface area contributed by atoms with E-state index in [4.69, 9.17) is 5.11 Å². The lowest BCUT2D eigenvalue weighted by Crippen LogP contribution is -2.33. The van der Waals surface area contributed by atoms with Crippen LogP contribution < -0.4 is 0 Å². The molecule has 0 spiro atoms.